The van der Waals surface area contributed by atoms with Gasteiger partial charge in [-0.1, -0.05) is 30.3 Å². The Labute approximate surface area is 213 Å². The van der Waals surface area contributed by atoms with Gasteiger partial charge in [-0.25, -0.2) is 8.42 Å². The Bertz CT molecular complexity index is 1150. The maximum Gasteiger partial charge on any atom is 0.242 e. The molecule has 0 spiro atoms. The molecule has 0 saturated heterocycles. The zero-order valence-electron chi connectivity index (χ0n) is 21.3. The van der Waals surface area contributed by atoms with Crippen LogP contribution in [0.25, 0.3) is 0 Å². The third-order valence-electron chi connectivity index (χ3n) is 5.76. The Morgan fingerprint density at radius 3 is 2.31 bits per heavy atom. The van der Waals surface area contributed by atoms with E-state index < -0.39 is 16.1 Å². The summed E-state index contributed by atoms with van der Waals surface area (Å²) in [6, 6.07) is 13.7. The van der Waals surface area contributed by atoms with Crippen molar-refractivity contribution in [3.63, 3.8) is 0 Å². The number of fused-ring (bicyclic) bond motifs is 1. The summed E-state index contributed by atoms with van der Waals surface area (Å²) < 4.78 is 37.5. The van der Waals surface area contributed by atoms with Gasteiger partial charge in [0.05, 0.1) is 11.9 Å². The zero-order valence-corrected chi connectivity index (χ0v) is 22.1. The van der Waals surface area contributed by atoms with E-state index in [0.717, 1.165) is 11.8 Å². The maximum absolute atomic E-state index is 13.3. The Morgan fingerprint density at radius 1 is 1.00 bits per heavy atom. The van der Waals surface area contributed by atoms with Gasteiger partial charge >= 0.3 is 0 Å². The van der Waals surface area contributed by atoms with Crippen LogP contribution in [0.3, 0.4) is 0 Å². The molecule has 1 N–H and O–H groups in total. The first kappa shape index (κ1) is 27.3. The molecule has 1 aliphatic heterocycles. The average Bonchev–Trinajstić information content (AvgIpc) is 2.83. The highest BCUT2D eigenvalue weighted by Gasteiger charge is 2.27. The molecule has 9 nitrogen and oxygen atoms in total. The fourth-order valence-electron chi connectivity index (χ4n) is 3.96. The van der Waals surface area contributed by atoms with Crippen LogP contribution in [0.5, 0.6) is 11.5 Å². The van der Waals surface area contributed by atoms with Crippen LogP contribution in [0, 0.1) is 0 Å². The minimum atomic E-state index is -3.61. The molecule has 0 unspecified atom stereocenters. The molecule has 0 aromatic heterocycles. The van der Waals surface area contributed by atoms with Crippen LogP contribution in [0.4, 0.5) is 5.69 Å². The second-order valence-electron chi connectivity index (χ2n) is 9.11. The highest BCUT2D eigenvalue weighted by atomic mass is 32.2. The van der Waals surface area contributed by atoms with Crippen molar-refractivity contribution in [3.8, 4) is 11.5 Å². The number of nitrogens with zero attached hydrogens (tertiary/aromatic N) is 2. The van der Waals surface area contributed by atoms with Gasteiger partial charge in [0.25, 0.3) is 0 Å². The Morgan fingerprint density at radius 2 is 1.67 bits per heavy atom. The number of ether oxygens (including phenoxy) is 2. The molecule has 2 aromatic carbocycles. The number of nitrogens with one attached hydrogen (secondary N) is 1. The summed E-state index contributed by atoms with van der Waals surface area (Å²) in [6.45, 7) is 6.66. The van der Waals surface area contributed by atoms with E-state index in [4.69, 9.17) is 9.47 Å². The van der Waals surface area contributed by atoms with Gasteiger partial charge in [0.15, 0.2) is 11.5 Å². The molecule has 0 bridgehead atoms. The Balaban J connectivity index is 1.72. The number of rotatable bonds is 11. The fourth-order valence-corrected chi connectivity index (χ4v) is 4.92. The van der Waals surface area contributed by atoms with E-state index in [9.17, 15) is 18.0 Å². The Hall–Kier alpha value is -3.27. The van der Waals surface area contributed by atoms with Gasteiger partial charge in [-0.05, 0) is 44.9 Å². The summed E-state index contributed by atoms with van der Waals surface area (Å²) in [4.78, 5) is 27.5. The molecule has 2 amide bonds. The van der Waals surface area contributed by atoms with Crippen molar-refractivity contribution < 1.29 is 27.5 Å². The SMILES string of the molecule is CC(C)NC(=O)[C@H](C)N(Cc1ccccc1)C(=O)CCCN(c1ccc2c(c1)OCCO2)S(C)(=O)=O. The van der Waals surface area contributed by atoms with E-state index in [1.165, 1.54) is 4.31 Å². The molecule has 3 rings (SSSR count). The van der Waals surface area contributed by atoms with Gasteiger partial charge in [-0.2, -0.15) is 0 Å². The summed E-state index contributed by atoms with van der Waals surface area (Å²) in [5, 5.41) is 2.86. The monoisotopic (exact) mass is 517 g/mol. The highest BCUT2D eigenvalue weighted by Crippen LogP contribution is 2.34. The lowest BCUT2D eigenvalue weighted by molar-refractivity contribution is -0.140. The molecule has 36 heavy (non-hydrogen) atoms. The number of carbonyl (C=O) groups excluding carboxylic acids is 2. The number of hydrogen-bond acceptors (Lipinski definition) is 6. The van der Waals surface area contributed by atoms with Crippen LogP contribution in [-0.4, -0.2) is 63.2 Å². The molecule has 10 heteroatoms. The number of benzene rings is 2. The summed E-state index contributed by atoms with van der Waals surface area (Å²) in [5.41, 5.74) is 1.35. The minimum Gasteiger partial charge on any atom is -0.486 e. The molecule has 0 radical (unpaired) electrons. The molecule has 2 aromatic rings. The van der Waals surface area contributed by atoms with Crippen LogP contribution in [-0.2, 0) is 26.2 Å². The zero-order chi connectivity index (χ0) is 26.3. The summed E-state index contributed by atoms with van der Waals surface area (Å²) in [5.74, 6) is 0.602. The van der Waals surface area contributed by atoms with E-state index in [2.05, 4.69) is 5.32 Å². The lowest BCUT2D eigenvalue weighted by atomic mass is 10.1. The molecule has 196 valence electrons. The topological polar surface area (TPSA) is 105 Å². The molecule has 0 fully saturated rings. The minimum absolute atomic E-state index is 0.0528. The van der Waals surface area contributed by atoms with E-state index >= 15 is 0 Å². The van der Waals surface area contributed by atoms with Crippen molar-refractivity contribution in [1.82, 2.24) is 10.2 Å². The molecule has 0 saturated carbocycles. The number of hydrogen-bond donors (Lipinski definition) is 1. The predicted molar refractivity (Wildman–Crippen MR) is 139 cm³/mol. The Kier molecular flexibility index (Phi) is 9.19. The number of anilines is 1. The second kappa shape index (κ2) is 12.1. The molecular weight excluding hydrogens is 482 g/mol. The van der Waals surface area contributed by atoms with Crippen molar-refractivity contribution in [2.45, 2.75) is 52.2 Å². The molecular formula is C26H35N3O6S. The lowest BCUT2D eigenvalue weighted by Crippen LogP contribution is -2.49. The van der Waals surface area contributed by atoms with Crippen LogP contribution in [0.1, 0.15) is 39.2 Å². The summed E-state index contributed by atoms with van der Waals surface area (Å²) in [6.07, 6.45) is 1.50. The average molecular weight is 518 g/mol. The van der Waals surface area contributed by atoms with Crippen molar-refractivity contribution in [2.24, 2.45) is 0 Å². The van der Waals surface area contributed by atoms with Gasteiger partial charge < -0.3 is 19.7 Å². The molecule has 0 aliphatic carbocycles. The van der Waals surface area contributed by atoms with Crippen LogP contribution >= 0.6 is 0 Å². The van der Waals surface area contributed by atoms with Crippen LogP contribution in [0.2, 0.25) is 0 Å². The molecule has 1 aliphatic rings. The van der Waals surface area contributed by atoms with E-state index in [-0.39, 0.29) is 43.8 Å². The third-order valence-corrected chi connectivity index (χ3v) is 6.95. The first-order valence-electron chi connectivity index (χ1n) is 12.1. The normalized spacial score (nSPS) is 13.7. The maximum atomic E-state index is 13.3. The van der Waals surface area contributed by atoms with Crippen molar-refractivity contribution >= 4 is 27.5 Å². The third kappa shape index (κ3) is 7.36. The number of sulfonamides is 1. The largest absolute Gasteiger partial charge is 0.486 e. The highest BCUT2D eigenvalue weighted by molar-refractivity contribution is 7.92. The first-order valence-corrected chi connectivity index (χ1v) is 13.9. The predicted octanol–water partition coefficient (Wildman–Crippen LogP) is 2.95. The van der Waals surface area contributed by atoms with Crippen LogP contribution < -0.4 is 19.1 Å². The van der Waals surface area contributed by atoms with Crippen LogP contribution in [0.15, 0.2) is 48.5 Å². The number of carbonyl (C=O) groups is 2. The van der Waals surface area contributed by atoms with Crippen molar-refractivity contribution in [1.29, 1.82) is 0 Å². The molecule has 1 heterocycles. The lowest BCUT2D eigenvalue weighted by Gasteiger charge is -2.30. The van der Waals surface area contributed by atoms with Crippen molar-refractivity contribution in [3.05, 3.63) is 54.1 Å². The van der Waals surface area contributed by atoms with Crippen molar-refractivity contribution in [2.75, 3.05) is 30.3 Å². The smallest absolute Gasteiger partial charge is 0.242 e. The van der Waals surface area contributed by atoms with E-state index in [0.29, 0.717) is 30.4 Å². The van der Waals surface area contributed by atoms with Gasteiger partial charge in [-0.3, -0.25) is 13.9 Å². The van der Waals surface area contributed by atoms with Gasteiger partial charge in [-0.15, -0.1) is 0 Å². The van der Waals surface area contributed by atoms with Gasteiger partial charge in [0.2, 0.25) is 21.8 Å². The van der Waals surface area contributed by atoms with Gasteiger partial charge in [0.1, 0.15) is 19.3 Å². The second-order valence-corrected chi connectivity index (χ2v) is 11.0. The quantitative estimate of drug-likeness (QED) is 0.491. The fraction of sp³-hybridized carbons (Fsp3) is 0.462. The number of amides is 2. The summed E-state index contributed by atoms with van der Waals surface area (Å²) >= 11 is 0. The van der Waals surface area contributed by atoms with Gasteiger partial charge in [0, 0.05) is 31.6 Å². The summed E-state index contributed by atoms with van der Waals surface area (Å²) in [7, 11) is -3.61. The van der Waals surface area contributed by atoms with E-state index in [1.807, 2.05) is 44.2 Å². The molecule has 1 atom stereocenters. The van der Waals surface area contributed by atoms with E-state index in [1.54, 1.807) is 30.0 Å². The standard InChI is InChI=1S/C26H35N3O6S/c1-19(2)27-26(31)20(3)28(18-21-9-6-5-7-10-21)25(30)11-8-14-29(36(4,32)33)22-12-13-23-24(17-22)35-16-15-34-23/h5-7,9-10,12-13,17,19-20H,8,11,14-16,18H2,1-4H3,(H,27,31)/t20-/m0/s1. The first-order chi connectivity index (χ1) is 17.1.